The lowest BCUT2D eigenvalue weighted by molar-refractivity contribution is 0.0264. The van der Waals surface area contributed by atoms with Crippen LogP contribution in [0.1, 0.15) is 30.6 Å². The van der Waals surface area contributed by atoms with E-state index in [0.29, 0.717) is 18.6 Å². The largest absolute Gasteiger partial charge is 0.491 e. The first-order valence-electron chi connectivity index (χ1n) is 6.84. The summed E-state index contributed by atoms with van der Waals surface area (Å²) in [7, 11) is 0. The molecule has 1 aromatic carbocycles. The van der Waals surface area contributed by atoms with Crippen molar-refractivity contribution in [2.24, 2.45) is 0 Å². The van der Waals surface area contributed by atoms with Crippen LogP contribution in [0.25, 0.3) is 0 Å². The summed E-state index contributed by atoms with van der Waals surface area (Å²) in [5.74, 6) is 0.529. The summed E-state index contributed by atoms with van der Waals surface area (Å²) in [5.41, 5.74) is -0.389. The van der Waals surface area contributed by atoms with Crippen molar-refractivity contribution in [3.8, 4) is 5.75 Å². The first-order chi connectivity index (χ1) is 9.48. The molecule has 0 radical (unpaired) electrons. The number of rotatable bonds is 5. The van der Waals surface area contributed by atoms with E-state index in [1.165, 1.54) is 0 Å². The van der Waals surface area contributed by atoms with E-state index in [9.17, 15) is 9.90 Å². The van der Waals surface area contributed by atoms with Gasteiger partial charge in [0.25, 0.3) is 5.91 Å². The van der Waals surface area contributed by atoms with Gasteiger partial charge in [0.15, 0.2) is 0 Å². The fourth-order valence-electron chi connectivity index (χ4n) is 2.04. The third-order valence-electron chi connectivity index (χ3n) is 3.15. The number of nitrogens with one attached hydrogen (secondary N) is 1. The Balaban J connectivity index is 1.89. The fraction of sp³-hybridized carbons (Fsp3) is 0.533. The molecule has 0 saturated carbocycles. The Labute approximate surface area is 118 Å². The summed E-state index contributed by atoms with van der Waals surface area (Å²) in [4.78, 5) is 12.0. The number of amides is 1. The average Bonchev–Trinajstić information content (AvgIpc) is 2.84. The number of hydrogen-bond donors (Lipinski definition) is 2. The molecule has 1 atom stereocenters. The van der Waals surface area contributed by atoms with Crippen molar-refractivity contribution in [2.75, 3.05) is 19.8 Å². The van der Waals surface area contributed by atoms with Gasteiger partial charge in [0.2, 0.25) is 0 Å². The second kappa shape index (κ2) is 6.24. The lowest BCUT2D eigenvalue weighted by atomic mass is 10.0. The molecule has 2 N–H and O–H groups in total. The fourth-order valence-corrected chi connectivity index (χ4v) is 2.04. The zero-order valence-corrected chi connectivity index (χ0v) is 11.9. The minimum Gasteiger partial charge on any atom is -0.491 e. The summed E-state index contributed by atoms with van der Waals surface area (Å²) < 4.78 is 10.7. The predicted octanol–water partition coefficient (Wildman–Crippen LogP) is 1.35. The SMILES string of the molecule is CC(C)Oc1ccc(C(=O)NC[C@]2(O)CCOC2)cc1. The lowest BCUT2D eigenvalue weighted by Gasteiger charge is -2.20. The van der Waals surface area contributed by atoms with Crippen LogP contribution in [0.5, 0.6) is 5.75 Å². The van der Waals surface area contributed by atoms with Crippen molar-refractivity contribution in [1.29, 1.82) is 0 Å². The molecule has 0 unspecified atom stereocenters. The third kappa shape index (κ3) is 3.95. The van der Waals surface area contributed by atoms with Gasteiger partial charge < -0.3 is 19.9 Å². The van der Waals surface area contributed by atoms with Crippen LogP contribution >= 0.6 is 0 Å². The van der Waals surface area contributed by atoms with E-state index < -0.39 is 5.60 Å². The van der Waals surface area contributed by atoms with Gasteiger partial charge in [-0.25, -0.2) is 0 Å². The number of benzene rings is 1. The van der Waals surface area contributed by atoms with E-state index in [2.05, 4.69) is 5.32 Å². The Bertz CT molecular complexity index is 449. The summed E-state index contributed by atoms with van der Waals surface area (Å²) in [6, 6.07) is 6.95. The van der Waals surface area contributed by atoms with E-state index >= 15 is 0 Å². The van der Waals surface area contributed by atoms with Crippen LogP contribution in [0.2, 0.25) is 0 Å². The van der Waals surface area contributed by atoms with Gasteiger partial charge in [-0.2, -0.15) is 0 Å². The van der Waals surface area contributed by atoms with E-state index in [-0.39, 0.29) is 25.2 Å². The molecule has 110 valence electrons. The van der Waals surface area contributed by atoms with Crippen LogP contribution in [0.3, 0.4) is 0 Å². The van der Waals surface area contributed by atoms with Crippen molar-refractivity contribution < 1.29 is 19.4 Å². The van der Waals surface area contributed by atoms with Gasteiger partial charge in [0, 0.05) is 25.1 Å². The molecule has 0 aromatic heterocycles. The Kier molecular flexibility index (Phi) is 4.62. The van der Waals surface area contributed by atoms with Gasteiger partial charge in [-0.1, -0.05) is 0 Å². The molecule has 1 aliphatic heterocycles. The smallest absolute Gasteiger partial charge is 0.251 e. The van der Waals surface area contributed by atoms with Crippen molar-refractivity contribution in [1.82, 2.24) is 5.32 Å². The number of aliphatic hydroxyl groups is 1. The van der Waals surface area contributed by atoms with Crippen LogP contribution in [0, 0.1) is 0 Å². The number of ether oxygens (including phenoxy) is 2. The van der Waals surface area contributed by atoms with Crippen LogP contribution < -0.4 is 10.1 Å². The minimum atomic E-state index is -0.934. The van der Waals surface area contributed by atoms with Crippen LogP contribution in [-0.4, -0.2) is 42.5 Å². The molecule has 1 heterocycles. The molecule has 5 nitrogen and oxygen atoms in total. The van der Waals surface area contributed by atoms with E-state index in [4.69, 9.17) is 9.47 Å². The third-order valence-corrected chi connectivity index (χ3v) is 3.15. The Morgan fingerprint density at radius 1 is 1.45 bits per heavy atom. The van der Waals surface area contributed by atoms with Crippen LogP contribution in [-0.2, 0) is 4.74 Å². The summed E-state index contributed by atoms with van der Waals surface area (Å²) >= 11 is 0. The number of carbonyl (C=O) groups excluding carboxylic acids is 1. The molecule has 0 bridgehead atoms. The summed E-state index contributed by atoms with van der Waals surface area (Å²) in [6.07, 6.45) is 0.653. The molecule has 0 aliphatic carbocycles. The van der Waals surface area contributed by atoms with Crippen molar-refractivity contribution >= 4 is 5.91 Å². The highest BCUT2D eigenvalue weighted by Gasteiger charge is 2.32. The average molecular weight is 279 g/mol. The van der Waals surface area contributed by atoms with Gasteiger partial charge in [-0.3, -0.25) is 4.79 Å². The Morgan fingerprint density at radius 2 is 2.15 bits per heavy atom. The van der Waals surface area contributed by atoms with Gasteiger partial charge in [-0.05, 0) is 38.1 Å². The molecule has 1 fully saturated rings. The second-order valence-electron chi connectivity index (χ2n) is 5.40. The highest BCUT2D eigenvalue weighted by molar-refractivity contribution is 5.94. The molecule has 1 aliphatic rings. The van der Waals surface area contributed by atoms with Gasteiger partial charge in [0.1, 0.15) is 11.4 Å². The van der Waals surface area contributed by atoms with Gasteiger partial charge in [0.05, 0.1) is 12.7 Å². The molecule has 1 saturated heterocycles. The predicted molar refractivity (Wildman–Crippen MR) is 74.9 cm³/mol. The van der Waals surface area contributed by atoms with Crippen molar-refractivity contribution in [3.63, 3.8) is 0 Å². The molecule has 20 heavy (non-hydrogen) atoms. The van der Waals surface area contributed by atoms with Crippen LogP contribution in [0.15, 0.2) is 24.3 Å². The van der Waals surface area contributed by atoms with Gasteiger partial charge in [-0.15, -0.1) is 0 Å². The van der Waals surface area contributed by atoms with E-state index in [0.717, 1.165) is 5.75 Å². The highest BCUT2D eigenvalue weighted by Crippen LogP contribution is 2.18. The minimum absolute atomic E-state index is 0.103. The molecule has 1 amide bonds. The summed E-state index contributed by atoms with van der Waals surface area (Å²) in [5, 5.41) is 12.8. The van der Waals surface area contributed by atoms with Crippen molar-refractivity contribution in [2.45, 2.75) is 32.0 Å². The maximum Gasteiger partial charge on any atom is 0.251 e. The molecule has 1 aromatic rings. The van der Waals surface area contributed by atoms with Crippen molar-refractivity contribution in [3.05, 3.63) is 29.8 Å². The van der Waals surface area contributed by atoms with E-state index in [1.54, 1.807) is 24.3 Å². The second-order valence-corrected chi connectivity index (χ2v) is 5.40. The zero-order valence-electron chi connectivity index (χ0n) is 11.9. The maximum atomic E-state index is 12.0. The summed E-state index contributed by atoms with van der Waals surface area (Å²) in [6.45, 7) is 4.91. The van der Waals surface area contributed by atoms with Gasteiger partial charge >= 0.3 is 0 Å². The topological polar surface area (TPSA) is 67.8 Å². The molecule has 2 rings (SSSR count). The van der Waals surface area contributed by atoms with Crippen LogP contribution in [0.4, 0.5) is 0 Å². The standard InChI is InChI=1S/C15H21NO4/c1-11(2)20-13-5-3-12(4-6-13)14(17)16-9-15(18)7-8-19-10-15/h3-6,11,18H,7-10H2,1-2H3,(H,16,17)/t15-/m1/s1. The van der Waals surface area contributed by atoms with E-state index in [1.807, 2.05) is 13.8 Å². The molecule has 0 spiro atoms. The first-order valence-corrected chi connectivity index (χ1v) is 6.84. The highest BCUT2D eigenvalue weighted by atomic mass is 16.5. The Hall–Kier alpha value is -1.59. The quantitative estimate of drug-likeness (QED) is 0.854. The lowest BCUT2D eigenvalue weighted by Crippen LogP contribution is -2.43. The normalized spacial score (nSPS) is 22.0. The zero-order chi connectivity index (χ0) is 14.6. The molecule has 5 heteroatoms. The number of carbonyl (C=O) groups is 1. The molecular weight excluding hydrogens is 258 g/mol. The number of hydrogen-bond acceptors (Lipinski definition) is 4. The first kappa shape index (κ1) is 14.8. The Morgan fingerprint density at radius 3 is 2.70 bits per heavy atom. The monoisotopic (exact) mass is 279 g/mol. The maximum absolute atomic E-state index is 12.0. The molecular formula is C15H21NO4.